The van der Waals surface area contributed by atoms with Crippen molar-refractivity contribution in [3.8, 4) is 0 Å². The lowest BCUT2D eigenvalue weighted by Gasteiger charge is -2.33. The summed E-state index contributed by atoms with van der Waals surface area (Å²) in [7, 11) is -3.97. The summed E-state index contributed by atoms with van der Waals surface area (Å²) in [4.78, 5) is 27.9. The van der Waals surface area contributed by atoms with Gasteiger partial charge in [0.15, 0.2) is 0 Å². The van der Waals surface area contributed by atoms with E-state index in [9.17, 15) is 22.4 Å². The Morgan fingerprint density at radius 2 is 1.65 bits per heavy atom. The number of para-hydroxylation sites is 1. The predicted molar refractivity (Wildman–Crippen MR) is 130 cm³/mol. The van der Waals surface area contributed by atoms with Gasteiger partial charge in [-0.15, -0.1) is 0 Å². The van der Waals surface area contributed by atoms with Gasteiger partial charge in [0.2, 0.25) is 21.8 Å². The standard InChI is InChI=1S/C25H32FN3O4S/c1-19(25(31)27-21-13-7-4-8-14-21)28(17-20-11-5-3-6-12-20)24(30)18-29(34(2,32)33)23-16-10-9-15-22(23)26/h3,5-6,9-12,15-16,19,21H,4,7-8,13-14,17-18H2,1-2H3,(H,27,31)/t19-/m1/s1. The maximum Gasteiger partial charge on any atom is 0.244 e. The summed E-state index contributed by atoms with van der Waals surface area (Å²) in [5.41, 5.74) is 0.585. The Hall–Kier alpha value is -2.94. The molecule has 2 amide bonds. The number of carbonyl (C=O) groups is 2. The van der Waals surface area contributed by atoms with Crippen molar-refractivity contribution in [2.75, 3.05) is 17.1 Å². The molecular formula is C25H32FN3O4S. The molecule has 0 heterocycles. The number of nitrogens with one attached hydrogen (secondary N) is 1. The van der Waals surface area contributed by atoms with E-state index in [1.165, 1.54) is 23.1 Å². The molecule has 2 aromatic carbocycles. The summed E-state index contributed by atoms with van der Waals surface area (Å²) in [6.45, 7) is 1.13. The molecule has 3 rings (SSSR count). The fraction of sp³-hybridized carbons (Fsp3) is 0.440. The van der Waals surface area contributed by atoms with Gasteiger partial charge in [-0.2, -0.15) is 0 Å². The van der Waals surface area contributed by atoms with E-state index in [2.05, 4.69) is 5.32 Å². The van der Waals surface area contributed by atoms with Crippen molar-refractivity contribution in [2.45, 2.75) is 57.7 Å². The number of benzene rings is 2. The normalized spacial score (nSPS) is 15.4. The molecule has 0 aromatic heterocycles. The fourth-order valence-corrected chi connectivity index (χ4v) is 5.03. The van der Waals surface area contributed by atoms with Gasteiger partial charge >= 0.3 is 0 Å². The van der Waals surface area contributed by atoms with Crippen LogP contribution in [0, 0.1) is 5.82 Å². The zero-order valence-corrected chi connectivity index (χ0v) is 20.4. The highest BCUT2D eigenvalue weighted by molar-refractivity contribution is 7.92. The van der Waals surface area contributed by atoms with Crippen LogP contribution in [0.1, 0.15) is 44.6 Å². The third-order valence-electron chi connectivity index (χ3n) is 6.11. The van der Waals surface area contributed by atoms with Gasteiger partial charge in [0, 0.05) is 12.6 Å². The Bertz CT molecular complexity index is 1090. The topological polar surface area (TPSA) is 86.8 Å². The van der Waals surface area contributed by atoms with Gasteiger partial charge in [-0.25, -0.2) is 12.8 Å². The van der Waals surface area contributed by atoms with Crippen LogP contribution >= 0.6 is 0 Å². The van der Waals surface area contributed by atoms with Crippen molar-refractivity contribution >= 4 is 27.5 Å². The number of amides is 2. The highest BCUT2D eigenvalue weighted by atomic mass is 32.2. The molecule has 0 radical (unpaired) electrons. The third kappa shape index (κ3) is 6.79. The van der Waals surface area contributed by atoms with Gasteiger partial charge in [-0.05, 0) is 37.5 Å². The van der Waals surface area contributed by atoms with Gasteiger partial charge in [-0.1, -0.05) is 61.7 Å². The fourth-order valence-electron chi connectivity index (χ4n) is 4.18. The number of hydrogen-bond donors (Lipinski definition) is 1. The molecule has 0 aliphatic heterocycles. The number of anilines is 1. The van der Waals surface area contributed by atoms with Gasteiger partial charge in [0.1, 0.15) is 18.4 Å². The summed E-state index contributed by atoms with van der Waals surface area (Å²) < 4.78 is 40.1. The summed E-state index contributed by atoms with van der Waals surface area (Å²) >= 11 is 0. The molecule has 9 heteroatoms. The number of sulfonamides is 1. The second kappa shape index (κ2) is 11.5. The molecule has 1 aliphatic rings. The maximum atomic E-state index is 14.4. The molecule has 1 atom stereocenters. The van der Waals surface area contributed by atoms with E-state index < -0.39 is 34.3 Å². The number of nitrogens with zero attached hydrogens (tertiary/aromatic N) is 2. The minimum absolute atomic E-state index is 0.0725. The maximum absolute atomic E-state index is 14.4. The van der Waals surface area contributed by atoms with Crippen LogP contribution in [0.5, 0.6) is 0 Å². The lowest BCUT2D eigenvalue weighted by Crippen LogP contribution is -2.53. The number of halogens is 1. The van der Waals surface area contributed by atoms with Crippen LogP contribution in [-0.2, 0) is 26.2 Å². The van der Waals surface area contributed by atoms with E-state index in [1.807, 2.05) is 30.3 Å². The largest absolute Gasteiger partial charge is 0.352 e. The number of carbonyl (C=O) groups excluding carboxylic acids is 2. The van der Waals surface area contributed by atoms with Crippen molar-refractivity contribution in [3.05, 3.63) is 66.0 Å². The minimum Gasteiger partial charge on any atom is -0.352 e. The Kier molecular flexibility index (Phi) is 8.66. The molecule has 1 fully saturated rings. The second-order valence-electron chi connectivity index (χ2n) is 8.75. The number of hydrogen-bond acceptors (Lipinski definition) is 4. The van der Waals surface area contributed by atoms with E-state index in [0.717, 1.165) is 54.3 Å². The van der Waals surface area contributed by atoms with Crippen LogP contribution in [0.4, 0.5) is 10.1 Å². The zero-order valence-electron chi connectivity index (χ0n) is 19.6. The zero-order chi connectivity index (χ0) is 24.7. The average molecular weight is 490 g/mol. The molecule has 0 saturated heterocycles. The Morgan fingerprint density at radius 3 is 2.26 bits per heavy atom. The van der Waals surface area contributed by atoms with Crippen molar-refractivity contribution in [1.82, 2.24) is 10.2 Å². The molecule has 34 heavy (non-hydrogen) atoms. The van der Waals surface area contributed by atoms with Gasteiger partial charge in [0.25, 0.3) is 0 Å². The van der Waals surface area contributed by atoms with Crippen LogP contribution in [0.2, 0.25) is 0 Å². The van der Waals surface area contributed by atoms with Crippen LogP contribution in [0.25, 0.3) is 0 Å². The smallest absolute Gasteiger partial charge is 0.244 e. The lowest BCUT2D eigenvalue weighted by atomic mass is 9.95. The Labute approximate surface area is 201 Å². The van der Waals surface area contributed by atoms with Crippen LogP contribution < -0.4 is 9.62 Å². The van der Waals surface area contributed by atoms with Gasteiger partial charge in [0.05, 0.1) is 11.9 Å². The minimum atomic E-state index is -3.97. The van der Waals surface area contributed by atoms with Crippen molar-refractivity contribution in [1.29, 1.82) is 0 Å². The molecule has 1 saturated carbocycles. The van der Waals surface area contributed by atoms with Crippen molar-refractivity contribution in [3.63, 3.8) is 0 Å². The van der Waals surface area contributed by atoms with E-state index in [0.29, 0.717) is 0 Å². The van der Waals surface area contributed by atoms with Crippen LogP contribution in [0.3, 0.4) is 0 Å². The lowest BCUT2D eigenvalue weighted by molar-refractivity contribution is -0.139. The van der Waals surface area contributed by atoms with Gasteiger partial charge < -0.3 is 10.2 Å². The Balaban J connectivity index is 1.85. The highest BCUT2D eigenvalue weighted by Gasteiger charge is 2.31. The SMILES string of the molecule is C[C@H](C(=O)NC1CCCCC1)N(Cc1ccccc1)C(=O)CN(c1ccccc1F)S(C)(=O)=O. The molecule has 0 unspecified atom stereocenters. The molecule has 1 aliphatic carbocycles. The monoisotopic (exact) mass is 489 g/mol. The predicted octanol–water partition coefficient (Wildman–Crippen LogP) is 3.46. The average Bonchev–Trinajstić information content (AvgIpc) is 2.81. The van der Waals surface area contributed by atoms with Gasteiger partial charge in [-0.3, -0.25) is 13.9 Å². The van der Waals surface area contributed by atoms with Crippen molar-refractivity contribution in [2.24, 2.45) is 0 Å². The van der Waals surface area contributed by atoms with Crippen molar-refractivity contribution < 1.29 is 22.4 Å². The first kappa shape index (κ1) is 25.7. The van der Waals surface area contributed by atoms with Crippen LogP contribution in [-0.4, -0.2) is 50.0 Å². The highest BCUT2D eigenvalue weighted by Crippen LogP contribution is 2.22. The van der Waals surface area contributed by atoms with E-state index in [1.54, 1.807) is 6.92 Å². The first-order valence-corrected chi connectivity index (χ1v) is 13.4. The molecule has 0 bridgehead atoms. The van der Waals surface area contributed by atoms with E-state index in [4.69, 9.17) is 0 Å². The summed E-state index contributed by atoms with van der Waals surface area (Å²) in [5, 5.41) is 3.04. The summed E-state index contributed by atoms with van der Waals surface area (Å²) in [5.74, 6) is -1.63. The first-order valence-electron chi connectivity index (χ1n) is 11.5. The summed E-state index contributed by atoms with van der Waals surface area (Å²) in [6.07, 6.45) is 5.99. The molecule has 0 spiro atoms. The molecule has 184 valence electrons. The first-order chi connectivity index (χ1) is 16.2. The quantitative estimate of drug-likeness (QED) is 0.585. The summed E-state index contributed by atoms with van der Waals surface area (Å²) in [6, 6.07) is 13.8. The van der Waals surface area contributed by atoms with E-state index >= 15 is 0 Å². The third-order valence-corrected chi connectivity index (χ3v) is 7.24. The molecular weight excluding hydrogens is 457 g/mol. The molecule has 7 nitrogen and oxygen atoms in total. The molecule has 2 aromatic rings. The Morgan fingerprint density at radius 1 is 1.03 bits per heavy atom. The van der Waals surface area contributed by atoms with E-state index in [-0.39, 0.29) is 24.2 Å². The second-order valence-corrected chi connectivity index (χ2v) is 10.7. The molecule has 1 N–H and O–H groups in total. The van der Waals surface area contributed by atoms with Crippen LogP contribution in [0.15, 0.2) is 54.6 Å². The number of rotatable bonds is 9.